The number of pyridine rings is 1. The zero-order valence-electron chi connectivity index (χ0n) is 5.53. The molecule has 0 aliphatic rings. The van der Waals surface area contributed by atoms with Crippen LogP contribution in [-0.2, 0) is 0 Å². The maximum atomic E-state index is 4.19. The Morgan fingerprint density at radius 2 is 2.36 bits per heavy atom. The molecule has 0 saturated heterocycles. The average Bonchev–Trinajstić information content (AvgIpc) is 2.30. The summed E-state index contributed by atoms with van der Waals surface area (Å²) < 4.78 is 2.69. The molecule has 1 atom stereocenters. The van der Waals surface area contributed by atoms with E-state index in [4.69, 9.17) is 0 Å². The summed E-state index contributed by atoms with van der Waals surface area (Å²) >= 11 is 2.19. The second-order valence-electron chi connectivity index (χ2n) is 2.11. The number of rotatable bonds is 0. The van der Waals surface area contributed by atoms with E-state index >= 15 is 0 Å². The summed E-state index contributed by atoms with van der Waals surface area (Å²) in [6.07, 6.45) is 1.76. The fourth-order valence-corrected chi connectivity index (χ4v) is 2.15. The topological polar surface area (TPSA) is 30.7 Å². The molecule has 2 aromatic heterocycles. The predicted molar refractivity (Wildman–Crippen MR) is 55.4 cm³/mol. The van der Waals surface area contributed by atoms with E-state index < -0.39 is 0 Å². The highest BCUT2D eigenvalue weighted by atomic mass is 127. The van der Waals surface area contributed by atoms with Crippen molar-refractivity contribution in [2.24, 2.45) is 0 Å². The summed E-state index contributed by atoms with van der Waals surface area (Å²) in [5.41, 5.74) is 0.905. The summed E-state index contributed by atoms with van der Waals surface area (Å²) in [4.78, 5) is 4.18. The van der Waals surface area contributed by atoms with Crippen LogP contribution in [0.15, 0.2) is 18.3 Å². The maximum absolute atomic E-state index is 4.19. The van der Waals surface area contributed by atoms with Crippen LogP contribution in [0.3, 0.4) is 0 Å². The SMILES string of the molecule is Pn1nc(I)c2cccnc21. The van der Waals surface area contributed by atoms with Gasteiger partial charge in [-0.15, -0.1) is 0 Å². The molecule has 2 heterocycles. The average molecular weight is 277 g/mol. The van der Waals surface area contributed by atoms with Crippen molar-refractivity contribution in [3.63, 3.8) is 0 Å². The van der Waals surface area contributed by atoms with E-state index in [1.165, 1.54) is 0 Å². The fraction of sp³-hybridized carbons (Fsp3) is 0. The van der Waals surface area contributed by atoms with E-state index in [1.54, 1.807) is 10.6 Å². The molecule has 0 N–H and O–H groups in total. The van der Waals surface area contributed by atoms with Crippen LogP contribution in [0.25, 0.3) is 11.0 Å². The largest absolute Gasteiger partial charge is 0.237 e. The van der Waals surface area contributed by atoms with Gasteiger partial charge in [0.05, 0.1) is 5.39 Å². The summed E-state index contributed by atoms with van der Waals surface area (Å²) in [5.74, 6) is 0. The number of nitrogens with zero attached hydrogens (tertiary/aromatic N) is 3. The molecule has 0 radical (unpaired) electrons. The van der Waals surface area contributed by atoms with Gasteiger partial charge in [-0.2, -0.15) is 5.10 Å². The highest BCUT2D eigenvalue weighted by Gasteiger charge is 2.04. The third-order valence-corrected chi connectivity index (χ3v) is 2.58. The molecular weight excluding hydrogens is 272 g/mol. The summed E-state index contributed by atoms with van der Waals surface area (Å²) in [7, 11) is 2.50. The lowest BCUT2D eigenvalue weighted by Gasteiger charge is -1.88. The van der Waals surface area contributed by atoms with Gasteiger partial charge in [-0.25, -0.2) is 9.44 Å². The Labute approximate surface area is 79.6 Å². The minimum atomic E-state index is 0.905. The molecule has 11 heavy (non-hydrogen) atoms. The minimum Gasteiger partial charge on any atom is -0.237 e. The van der Waals surface area contributed by atoms with Gasteiger partial charge in [0.1, 0.15) is 3.70 Å². The molecular formula is C6H5IN3P. The zero-order chi connectivity index (χ0) is 7.84. The molecule has 0 bridgehead atoms. The molecule has 1 unspecified atom stereocenters. The quantitative estimate of drug-likeness (QED) is 0.541. The third-order valence-electron chi connectivity index (χ3n) is 1.42. The molecule has 5 heteroatoms. The molecule has 0 aromatic carbocycles. The van der Waals surface area contributed by atoms with Gasteiger partial charge in [-0.05, 0) is 44.1 Å². The predicted octanol–water partition coefficient (Wildman–Crippen LogP) is 1.67. The van der Waals surface area contributed by atoms with Crippen molar-refractivity contribution in [3.8, 4) is 0 Å². The third kappa shape index (κ3) is 1.14. The van der Waals surface area contributed by atoms with Gasteiger partial charge in [-0.3, -0.25) is 0 Å². The van der Waals surface area contributed by atoms with Crippen molar-refractivity contribution in [1.29, 1.82) is 0 Å². The first-order valence-electron chi connectivity index (χ1n) is 3.03. The van der Waals surface area contributed by atoms with Crippen molar-refractivity contribution in [2.45, 2.75) is 0 Å². The smallest absolute Gasteiger partial charge is 0.161 e. The van der Waals surface area contributed by atoms with E-state index in [0.717, 1.165) is 14.7 Å². The number of aromatic nitrogens is 3. The Balaban J connectivity index is 2.95. The molecule has 3 nitrogen and oxygen atoms in total. The zero-order valence-corrected chi connectivity index (χ0v) is 8.84. The van der Waals surface area contributed by atoms with Crippen LogP contribution >= 0.6 is 32.0 Å². The standard InChI is InChI=1S/C6H5IN3P/c7-5-4-2-1-3-8-6(4)10(11)9-5/h1-3H,11H2. The molecule has 0 aliphatic carbocycles. The molecule has 0 fully saturated rings. The summed E-state index contributed by atoms with van der Waals surface area (Å²) in [6.45, 7) is 0. The number of fused-ring (bicyclic) bond motifs is 1. The van der Waals surface area contributed by atoms with Gasteiger partial charge in [0.25, 0.3) is 0 Å². The Morgan fingerprint density at radius 1 is 1.55 bits per heavy atom. The second-order valence-corrected chi connectivity index (χ2v) is 3.62. The van der Waals surface area contributed by atoms with Crippen molar-refractivity contribution in [2.75, 3.05) is 0 Å². The van der Waals surface area contributed by atoms with Gasteiger partial charge in [-0.1, -0.05) is 0 Å². The Bertz CT molecular complexity index is 362. The van der Waals surface area contributed by atoms with Crippen LogP contribution in [0, 0.1) is 3.70 Å². The Kier molecular flexibility index (Phi) is 1.81. The molecule has 56 valence electrons. The van der Waals surface area contributed by atoms with Gasteiger partial charge in [0, 0.05) is 6.20 Å². The van der Waals surface area contributed by atoms with Crippen molar-refractivity contribution in [1.82, 2.24) is 14.5 Å². The lowest BCUT2D eigenvalue weighted by atomic mass is 10.4. The molecule has 2 rings (SSSR count). The van der Waals surface area contributed by atoms with Crippen LogP contribution in [0.2, 0.25) is 0 Å². The first-order chi connectivity index (χ1) is 5.29. The number of halogens is 1. The van der Waals surface area contributed by atoms with E-state index in [1.807, 2.05) is 12.1 Å². The van der Waals surface area contributed by atoms with Gasteiger partial charge >= 0.3 is 0 Å². The van der Waals surface area contributed by atoms with E-state index in [-0.39, 0.29) is 0 Å². The second kappa shape index (κ2) is 2.68. The van der Waals surface area contributed by atoms with Crippen LogP contribution in [0.4, 0.5) is 0 Å². The van der Waals surface area contributed by atoms with E-state index in [2.05, 4.69) is 42.1 Å². The van der Waals surface area contributed by atoms with Crippen molar-refractivity contribution < 1.29 is 0 Å². The van der Waals surface area contributed by atoms with Crippen LogP contribution in [0.5, 0.6) is 0 Å². The van der Waals surface area contributed by atoms with E-state index in [0.29, 0.717) is 0 Å². The first-order valence-corrected chi connectivity index (χ1v) is 4.63. The lowest BCUT2D eigenvalue weighted by molar-refractivity contribution is 1.01. The normalized spacial score (nSPS) is 10.7. The van der Waals surface area contributed by atoms with E-state index in [9.17, 15) is 0 Å². The van der Waals surface area contributed by atoms with Gasteiger partial charge in [0.2, 0.25) is 0 Å². The van der Waals surface area contributed by atoms with Gasteiger partial charge < -0.3 is 0 Å². The van der Waals surface area contributed by atoms with Crippen molar-refractivity contribution >= 4 is 43.0 Å². The van der Waals surface area contributed by atoms with Crippen LogP contribution in [0.1, 0.15) is 0 Å². The van der Waals surface area contributed by atoms with Crippen LogP contribution in [-0.4, -0.2) is 14.5 Å². The number of hydrogen-bond acceptors (Lipinski definition) is 2. The molecule has 0 amide bonds. The summed E-state index contributed by atoms with van der Waals surface area (Å²) in [6, 6.07) is 3.93. The lowest BCUT2D eigenvalue weighted by Crippen LogP contribution is -1.82. The monoisotopic (exact) mass is 277 g/mol. The molecule has 0 spiro atoms. The first kappa shape index (κ1) is 7.43. The summed E-state index contributed by atoms with van der Waals surface area (Å²) in [5, 5.41) is 5.29. The highest BCUT2D eigenvalue weighted by Crippen LogP contribution is 2.18. The Hall–Kier alpha value is -0.220. The molecule has 0 aliphatic heterocycles. The maximum Gasteiger partial charge on any atom is 0.161 e. The molecule has 2 aromatic rings. The fourth-order valence-electron chi connectivity index (χ4n) is 0.936. The minimum absolute atomic E-state index is 0.905. The molecule has 0 saturated carbocycles. The highest BCUT2D eigenvalue weighted by molar-refractivity contribution is 14.1. The number of hydrogen-bond donors (Lipinski definition) is 0. The van der Waals surface area contributed by atoms with Gasteiger partial charge in [0.15, 0.2) is 5.65 Å². The van der Waals surface area contributed by atoms with Crippen LogP contribution < -0.4 is 0 Å². The Morgan fingerprint density at radius 3 is 3.09 bits per heavy atom. The van der Waals surface area contributed by atoms with Crippen molar-refractivity contribution in [3.05, 3.63) is 22.0 Å².